The van der Waals surface area contributed by atoms with E-state index in [1.54, 1.807) is 18.1 Å². The fourth-order valence-electron chi connectivity index (χ4n) is 5.23. The summed E-state index contributed by atoms with van der Waals surface area (Å²) in [5, 5.41) is 2.14. The second-order valence-corrected chi connectivity index (χ2v) is 9.15. The maximum absolute atomic E-state index is 12.9. The van der Waals surface area contributed by atoms with E-state index < -0.39 is 0 Å². The van der Waals surface area contributed by atoms with Crippen LogP contribution in [0.25, 0.3) is 21.9 Å². The Morgan fingerprint density at radius 2 is 1.93 bits per heavy atom. The molecule has 30 heavy (non-hydrogen) atoms. The summed E-state index contributed by atoms with van der Waals surface area (Å²) >= 11 is 0. The highest BCUT2D eigenvalue weighted by molar-refractivity contribution is 6.03. The van der Waals surface area contributed by atoms with Crippen LogP contribution < -0.4 is 0 Å². The summed E-state index contributed by atoms with van der Waals surface area (Å²) in [6.45, 7) is 2.42. The molecule has 2 fully saturated rings. The van der Waals surface area contributed by atoms with Crippen LogP contribution in [0, 0.1) is 5.41 Å². The minimum Gasteiger partial charge on any atom is -0.337 e. The summed E-state index contributed by atoms with van der Waals surface area (Å²) in [4.78, 5) is 33.2. The second kappa shape index (κ2) is 6.14. The topological polar surface area (TPSA) is 53.5 Å². The molecular weight excluding hydrogens is 374 g/mol. The zero-order chi connectivity index (χ0) is 20.5. The fourth-order valence-corrected chi connectivity index (χ4v) is 5.23. The first-order valence-electron chi connectivity index (χ1n) is 10.6. The predicted molar refractivity (Wildman–Crippen MR) is 115 cm³/mol. The van der Waals surface area contributed by atoms with Gasteiger partial charge in [0.2, 0.25) is 0 Å². The zero-order valence-electron chi connectivity index (χ0n) is 17.0. The molecule has 5 heteroatoms. The van der Waals surface area contributed by atoms with E-state index in [1.165, 1.54) is 19.3 Å². The van der Waals surface area contributed by atoms with Gasteiger partial charge in [-0.15, -0.1) is 0 Å². The molecule has 2 amide bonds. The zero-order valence-corrected chi connectivity index (χ0v) is 17.0. The van der Waals surface area contributed by atoms with Crippen LogP contribution in [0.1, 0.15) is 45.7 Å². The van der Waals surface area contributed by atoms with Crippen molar-refractivity contribution in [3.8, 4) is 11.1 Å². The van der Waals surface area contributed by atoms with Crippen molar-refractivity contribution in [3.63, 3.8) is 0 Å². The average molecular weight is 397 g/mol. The first-order valence-corrected chi connectivity index (χ1v) is 10.6. The Morgan fingerprint density at radius 1 is 1.10 bits per heavy atom. The predicted octanol–water partition coefficient (Wildman–Crippen LogP) is 4.11. The van der Waals surface area contributed by atoms with E-state index in [9.17, 15) is 9.59 Å². The van der Waals surface area contributed by atoms with Crippen molar-refractivity contribution in [3.05, 3.63) is 65.5 Å². The molecule has 1 spiro atoms. The Hall–Kier alpha value is -3.21. The van der Waals surface area contributed by atoms with E-state index in [1.807, 2.05) is 29.2 Å². The van der Waals surface area contributed by atoms with Gasteiger partial charge in [-0.05, 0) is 47.4 Å². The molecule has 1 saturated carbocycles. The van der Waals surface area contributed by atoms with Gasteiger partial charge in [0.15, 0.2) is 0 Å². The molecule has 0 N–H and O–H groups in total. The summed E-state index contributed by atoms with van der Waals surface area (Å²) in [5.74, 6) is 0.118. The van der Waals surface area contributed by atoms with E-state index >= 15 is 0 Å². The van der Waals surface area contributed by atoms with Gasteiger partial charge in [0.1, 0.15) is 5.69 Å². The summed E-state index contributed by atoms with van der Waals surface area (Å²) in [6.07, 6.45) is 5.63. The van der Waals surface area contributed by atoms with Crippen LogP contribution in [-0.4, -0.2) is 46.7 Å². The Kier molecular flexibility index (Phi) is 3.61. The van der Waals surface area contributed by atoms with Gasteiger partial charge in [0, 0.05) is 55.0 Å². The number of hydrogen-bond acceptors (Lipinski definition) is 3. The summed E-state index contributed by atoms with van der Waals surface area (Å²) < 4.78 is 0. The van der Waals surface area contributed by atoms with Gasteiger partial charge in [0.05, 0.1) is 0 Å². The minimum atomic E-state index is -0.0210. The quantitative estimate of drug-likeness (QED) is 0.654. The van der Waals surface area contributed by atoms with Crippen molar-refractivity contribution in [2.45, 2.75) is 25.8 Å². The van der Waals surface area contributed by atoms with Gasteiger partial charge in [-0.1, -0.05) is 30.7 Å². The van der Waals surface area contributed by atoms with Gasteiger partial charge in [0.25, 0.3) is 11.8 Å². The normalized spacial score (nSPS) is 19.0. The number of nitrogens with zero attached hydrogens (tertiary/aromatic N) is 3. The molecule has 1 aliphatic carbocycles. The van der Waals surface area contributed by atoms with Crippen molar-refractivity contribution >= 4 is 22.6 Å². The molecule has 0 unspecified atom stereocenters. The largest absolute Gasteiger partial charge is 0.337 e. The molecule has 3 aliphatic rings. The summed E-state index contributed by atoms with van der Waals surface area (Å²) in [6, 6.07) is 14.2. The van der Waals surface area contributed by atoms with Crippen LogP contribution in [0.5, 0.6) is 0 Å². The molecule has 1 saturated heterocycles. The van der Waals surface area contributed by atoms with Gasteiger partial charge in [-0.2, -0.15) is 0 Å². The number of likely N-dealkylation sites (tertiary alicyclic amines) is 1. The number of amides is 2. The number of benzene rings is 2. The molecule has 3 aromatic rings. The third kappa shape index (κ3) is 2.51. The van der Waals surface area contributed by atoms with Crippen molar-refractivity contribution in [2.24, 2.45) is 5.41 Å². The second-order valence-electron chi connectivity index (χ2n) is 9.15. The van der Waals surface area contributed by atoms with E-state index in [2.05, 4.69) is 23.2 Å². The lowest BCUT2D eigenvalue weighted by Crippen LogP contribution is -2.61. The highest BCUT2D eigenvalue weighted by Crippen LogP contribution is 2.48. The monoisotopic (exact) mass is 397 g/mol. The molecule has 3 heterocycles. The smallest absolute Gasteiger partial charge is 0.272 e. The first-order chi connectivity index (χ1) is 14.5. The lowest BCUT2D eigenvalue weighted by Gasteiger charge is -2.55. The maximum Gasteiger partial charge on any atom is 0.272 e. The molecule has 5 nitrogen and oxygen atoms in total. The number of aromatic nitrogens is 1. The number of fused-ring (bicyclic) bond motifs is 2. The third-order valence-electron chi connectivity index (χ3n) is 7.12. The Bertz CT molecular complexity index is 1220. The SMILES string of the molecule is CN1Cc2cc(-c3cccc4cc(C(=O)N5CC6(CCC6)C5)ccc34)cnc2C1=O. The summed E-state index contributed by atoms with van der Waals surface area (Å²) in [5.41, 5.74) is 4.78. The summed E-state index contributed by atoms with van der Waals surface area (Å²) in [7, 11) is 1.80. The van der Waals surface area contributed by atoms with E-state index in [0.717, 1.165) is 46.1 Å². The van der Waals surface area contributed by atoms with Crippen LogP contribution >= 0.6 is 0 Å². The van der Waals surface area contributed by atoms with Crippen LogP contribution in [0.4, 0.5) is 0 Å². The molecule has 150 valence electrons. The lowest BCUT2D eigenvalue weighted by atomic mass is 9.63. The van der Waals surface area contributed by atoms with Crippen molar-refractivity contribution in [1.82, 2.24) is 14.8 Å². The third-order valence-corrected chi connectivity index (χ3v) is 7.12. The van der Waals surface area contributed by atoms with Crippen molar-refractivity contribution in [2.75, 3.05) is 20.1 Å². The highest BCUT2D eigenvalue weighted by Gasteiger charge is 2.48. The molecule has 0 radical (unpaired) electrons. The minimum absolute atomic E-state index is 0.0210. The number of rotatable bonds is 2. The first kappa shape index (κ1) is 17.6. The van der Waals surface area contributed by atoms with Gasteiger partial charge < -0.3 is 9.80 Å². The molecule has 0 atom stereocenters. The number of hydrogen-bond donors (Lipinski definition) is 0. The van der Waals surface area contributed by atoms with Crippen LogP contribution in [-0.2, 0) is 6.54 Å². The lowest BCUT2D eigenvalue weighted by molar-refractivity contribution is -0.0426. The number of pyridine rings is 1. The number of carbonyl (C=O) groups is 2. The molecule has 0 bridgehead atoms. The van der Waals surface area contributed by atoms with Crippen LogP contribution in [0.3, 0.4) is 0 Å². The Morgan fingerprint density at radius 3 is 2.70 bits per heavy atom. The van der Waals surface area contributed by atoms with Crippen LogP contribution in [0.15, 0.2) is 48.7 Å². The molecule has 6 rings (SSSR count). The Labute approximate surface area is 175 Å². The van der Waals surface area contributed by atoms with Gasteiger partial charge in [-0.3, -0.25) is 14.6 Å². The molecular formula is C25H23N3O2. The van der Waals surface area contributed by atoms with E-state index in [-0.39, 0.29) is 11.8 Å². The van der Waals surface area contributed by atoms with E-state index in [4.69, 9.17) is 0 Å². The van der Waals surface area contributed by atoms with Crippen LogP contribution in [0.2, 0.25) is 0 Å². The van der Waals surface area contributed by atoms with E-state index in [0.29, 0.717) is 17.7 Å². The molecule has 2 aliphatic heterocycles. The number of carbonyl (C=O) groups excluding carboxylic acids is 2. The molecule has 1 aromatic heterocycles. The van der Waals surface area contributed by atoms with Crippen molar-refractivity contribution in [1.29, 1.82) is 0 Å². The standard InChI is InChI=1S/C25H23N3O2/c1-27-13-19-11-18(12-26-22(19)24(27)30)20-5-2-4-16-10-17(6-7-21(16)20)23(29)28-14-25(15-28)8-3-9-25/h2,4-7,10-12H,3,8-9,13-15H2,1H3. The Balaban J connectivity index is 1.33. The van der Waals surface area contributed by atoms with Crippen molar-refractivity contribution < 1.29 is 9.59 Å². The van der Waals surface area contributed by atoms with Gasteiger partial charge >= 0.3 is 0 Å². The maximum atomic E-state index is 12.9. The molecule has 2 aromatic carbocycles. The highest BCUT2D eigenvalue weighted by atomic mass is 16.2. The van der Waals surface area contributed by atoms with Gasteiger partial charge in [-0.25, -0.2) is 0 Å². The fraction of sp³-hybridized carbons (Fsp3) is 0.320. The average Bonchev–Trinajstić information content (AvgIpc) is 2.98.